The first kappa shape index (κ1) is 40.7. The molecule has 1 unspecified atom stereocenters. The van der Waals surface area contributed by atoms with Crippen molar-refractivity contribution in [2.75, 3.05) is 6.54 Å². The number of carbonyl (C=O) groups is 5. The highest BCUT2D eigenvalue weighted by Crippen LogP contribution is 2.46. The average molecular weight is 791 g/mol. The zero-order valence-corrected chi connectivity index (χ0v) is 32.4. The van der Waals surface area contributed by atoms with E-state index in [9.17, 15) is 32.4 Å². The molecule has 0 radical (unpaired) electrons. The maximum Gasteiger partial charge on any atom is 0.408 e. The number of alkyl carbamates (subject to hydrolysis) is 1. The van der Waals surface area contributed by atoms with Crippen LogP contribution < -0.4 is 20.7 Å². The number of benzene rings is 1. The number of carbonyl (C=O) groups excluding carboxylic acids is 5. The number of nitrogens with one attached hydrogen (secondary N) is 4. The van der Waals surface area contributed by atoms with Crippen molar-refractivity contribution in [3.05, 3.63) is 44.9 Å². The predicted molar refractivity (Wildman–Crippen MR) is 194 cm³/mol. The Balaban J connectivity index is 1.68. The second-order valence-electron chi connectivity index (χ2n) is 14.4. The van der Waals surface area contributed by atoms with Crippen LogP contribution in [0.15, 0.2) is 24.3 Å². The fourth-order valence-electron chi connectivity index (χ4n) is 6.23. The standard InChI is InChI=1S/C34H46Cl3N5O8S/c1-6-19(2)51(48,49)41-31(46)34-17-20(34)12-10-8-7-9-11-13-25(39-32(47)50-33(3,4)5)30(45)42-18-22(16-26(42)28(43)40-34)38-29(44)27-23(36)14-21(35)15-24(27)37/h10,12,14-15,19-20,22,25-26H,6-9,11,13,16-18H2,1-5H3,(H,38,44)(H,39,47)(H,40,43)(H,41,46)/b12-10-/t19?,20-,22-,25+,26+,34-/m1/s1. The quantitative estimate of drug-likeness (QED) is 0.282. The highest BCUT2D eigenvalue weighted by molar-refractivity contribution is 7.90. The van der Waals surface area contributed by atoms with Gasteiger partial charge in [-0.15, -0.1) is 0 Å². The van der Waals surface area contributed by atoms with Crippen LogP contribution in [0.25, 0.3) is 0 Å². The molecule has 1 saturated heterocycles. The first-order valence-corrected chi connectivity index (χ1v) is 19.8. The lowest BCUT2D eigenvalue weighted by molar-refractivity contribution is -0.141. The van der Waals surface area contributed by atoms with E-state index in [0.29, 0.717) is 12.8 Å². The summed E-state index contributed by atoms with van der Waals surface area (Å²) < 4.78 is 33.4. The minimum Gasteiger partial charge on any atom is -0.444 e. The number of amides is 5. The zero-order chi connectivity index (χ0) is 37.9. The molecule has 0 bridgehead atoms. The van der Waals surface area contributed by atoms with Gasteiger partial charge in [-0.25, -0.2) is 13.2 Å². The molecule has 6 atom stereocenters. The Hall–Kier alpha value is -3.07. The van der Waals surface area contributed by atoms with E-state index in [2.05, 4.69) is 20.7 Å². The smallest absolute Gasteiger partial charge is 0.408 e. The lowest BCUT2D eigenvalue weighted by Gasteiger charge is -2.30. The molecule has 1 aliphatic carbocycles. The fourth-order valence-corrected chi connectivity index (χ4v) is 8.30. The largest absolute Gasteiger partial charge is 0.444 e. The molecule has 1 aromatic carbocycles. The monoisotopic (exact) mass is 789 g/mol. The summed E-state index contributed by atoms with van der Waals surface area (Å²) in [6.07, 6.45) is 6.19. The summed E-state index contributed by atoms with van der Waals surface area (Å²) in [7, 11) is -4.04. The summed E-state index contributed by atoms with van der Waals surface area (Å²) in [5.74, 6) is -3.33. The number of allylic oxidation sites excluding steroid dienone is 1. The minimum absolute atomic E-state index is 0.00131. The summed E-state index contributed by atoms with van der Waals surface area (Å²) in [5.41, 5.74) is -2.46. The number of rotatable bonds is 7. The van der Waals surface area contributed by atoms with Gasteiger partial charge in [0.1, 0.15) is 23.2 Å². The topological polar surface area (TPSA) is 180 Å². The van der Waals surface area contributed by atoms with E-state index < -0.39 is 80.2 Å². The Labute approximate surface area is 313 Å². The van der Waals surface area contributed by atoms with Crippen molar-refractivity contribution in [3.63, 3.8) is 0 Å². The van der Waals surface area contributed by atoms with Crippen molar-refractivity contribution < 1.29 is 37.1 Å². The Morgan fingerprint density at radius 1 is 1.08 bits per heavy atom. The maximum atomic E-state index is 14.3. The number of hydrogen-bond donors (Lipinski definition) is 4. The average Bonchev–Trinajstić information content (AvgIpc) is 3.54. The van der Waals surface area contributed by atoms with Gasteiger partial charge in [-0.1, -0.05) is 66.7 Å². The molecule has 13 nitrogen and oxygen atoms in total. The van der Waals surface area contributed by atoms with Gasteiger partial charge in [0.25, 0.3) is 11.8 Å². The Morgan fingerprint density at radius 2 is 1.75 bits per heavy atom. The molecule has 3 aliphatic rings. The Morgan fingerprint density at radius 3 is 2.37 bits per heavy atom. The van der Waals surface area contributed by atoms with Crippen LogP contribution in [0.4, 0.5) is 4.79 Å². The number of fused-ring (bicyclic) bond motifs is 2. The van der Waals surface area contributed by atoms with Gasteiger partial charge in [0.15, 0.2) is 0 Å². The highest BCUT2D eigenvalue weighted by Gasteiger charge is 2.61. The number of hydrogen-bond acceptors (Lipinski definition) is 8. The first-order chi connectivity index (χ1) is 23.8. The van der Waals surface area contributed by atoms with E-state index in [-0.39, 0.29) is 52.9 Å². The van der Waals surface area contributed by atoms with E-state index in [4.69, 9.17) is 39.5 Å². The second-order valence-corrected chi connectivity index (χ2v) is 17.7. The van der Waals surface area contributed by atoms with Gasteiger partial charge in [0.2, 0.25) is 21.8 Å². The first-order valence-electron chi connectivity index (χ1n) is 17.1. The normalized spacial score (nSPS) is 27.0. The van der Waals surface area contributed by atoms with Crippen LogP contribution in [0.3, 0.4) is 0 Å². The van der Waals surface area contributed by atoms with Crippen LogP contribution in [0, 0.1) is 5.92 Å². The molecule has 0 aromatic heterocycles. The summed E-state index contributed by atoms with van der Waals surface area (Å²) in [6, 6.07) is -0.353. The van der Waals surface area contributed by atoms with Crippen molar-refractivity contribution in [2.45, 2.75) is 121 Å². The molecular weight excluding hydrogens is 745 g/mol. The van der Waals surface area contributed by atoms with Crippen molar-refractivity contribution in [1.82, 2.24) is 25.6 Å². The lowest BCUT2D eigenvalue weighted by atomic mass is 10.0. The number of ether oxygens (including phenoxy) is 1. The molecule has 4 N–H and O–H groups in total. The second kappa shape index (κ2) is 16.3. The molecule has 4 rings (SSSR count). The van der Waals surface area contributed by atoms with Crippen LogP contribution in [0.5, 0.6) is 0 Å². The highest BCUT2D eigenvalue weighted by atomic mass is 35.5. The summed E-state index contributed by atoms with van der Waals surface area (Å²) in [5, 5.41) is 7.63. The minimum atomic E-state index is -4.04. The summed E-state index contributed by atoms with van der Waals surface area (Å²) >= 11 is 18.6. The van der Waals surface area contributed by atoms with E-state index in [1.807, 2.05) is 12.2 Å². The Kier molecular flexibility index (Phi) is 13.0. The van der Waals surface area contributed by atoms with Gasteiger partial charge < -0.3 is 25.6 Å². The van der Waals surface area contributed by atoms with Crippen LogP contribution in [-0.2, 0) is 29.1 Å². The van der Waals surface area contributed by atoms with Gasteiger partial charge >= 0.3 is 6.09 Å². The van der Waals surface area contributed by atoms with E-state index in [1.54, 1.807) is 27.7 Å². The predicted octanol–water partition coefficient (Wildman–Crippen LogP) is 4.88. The van der Waals surface area contributed by atoms with Crippen LogP contribution in [0.2, 0.25) is 15.1 Å². The Bertz CT molecular complexity index is 1660. The van der Waals surface area contributed by atoms with E-state index >= 15 is 0 Å². The van der Waals surface area contributed by atoms with Gasteiger partial charge in [-0.3, -0.25) is 23.9 Å². The molecule has 2 heterocycles. The zero-order valence-electron chi connectivity index (χ0n) is 29.3. The van der Waals surface area contributed by atoms with Crippen LogP contribution >= 0.6 is 34.8 Å². The third-order valence-electron chi connectivity index (χ3n) is 9.28. The van der Waals surface area contributed by atoms with Crippen molar-refractivity contribution in [2.24, 2.45) is 5.92 Å². The van der Waals surface area contributed by atoms with Crippen molar-refractivity contribution in [3.8, 4) is 0 Å². The number of nitrogens with zero attached hydrogens (tertiary/aromatic N) is 1. The van der Waals surface area contributed by atoms with Crippen LogP contribution in [0.1, 0.15) is 96.3 Å². The molecular formula is C34H46Cl3N5O8S. The molecule has 1 aromatic rings. The van der Waals surface area contributed by atoms with Gasteiger partial charge in [-0.05, 0) is 78.4 Å². The molecule has 2 aliphatic heterocycles. The SMILES string of the molecule is CCC(C)S(=O)(=O)NC(=O)[C@@]12C[C@H]1/C=C\CCCCC[C@H](NC(=O)OC(C)(C)C)C(=O)N1C[C@H](NC(=O)c3c(Cl)cc(Cl)cc3Cl)C[C@H]1C(=O)N2. The van der Waals surface area contributed by atoms with Gasteiger partial charge in [0.05, 0.1) is 20.9 Å². The molecule has 1 saturated carbocycles. The van der Waals surface area contributed by atoms with Gasteiger partial charge in [-0.2, -0.15) is 0 Å². The molecule has 5 amide bonds. The third kappa shape index (κ3) is 10.1. The van der Waals surface area contributed by atoms with E-state index in [1.165, 1.54) is 24.0 Å². The van der Waals surface area contributed by atoms with E-state index in [0.717, 1.165) is 12.8 Å². The molecule has 2 fully saturated rings. The number of halogens is 3. The molecule has 0 spiro atoms. The number of sulfonamides is 1. The lowest BCUT2D eigenvalue weighted by Crippen LogP contribution is -2.58. The molecule has 282 valence electrons. The molecule has 51 heavy (non-hydrogen) atoms. The van der Waals surface area contributed by atoms with Crippen molar-refractivity contribution in [1.29, 1.82) is 0 Å². The summed E-state index contributed by atoms with van der Waals surface area (Å²) in [6.45, 7) is 8.10. The van der Waals surface area contributed by atoms with Gasteiger partial charge in [0, 0.05) is 23.5 Å². The third-order valence-corrected chi connectivity index (χ3v) is 12.0. The van der Waals surface area contributed by atoms with Crippen molar-refractivity contribution >= 4 is 74.5 Å². The summed E-state index contributed by atoms with van der Waals surface area (Å²) in [4.78, 5) is 69.7. The molecule has 17 heteroatoms. The van der Waals surface area contributed by atoms with Crippen LogP contribution in [-0.4, -0.2) is 84.1 Å². The maximum absolute atomic E-state index is 14.3. The fraction of sp³-hybridized carbons (Fsp3) is 0.618.